The molecule has 1 spiro atoms. The maximum absolute atomic E-state index is 5.82. The van der Waals surface area contributed by atoms with E-state index in [4.69, 9.17) is 29.3 Å². The molecule has 0 amide bonds. The topological polar surface area (TPSA) is 62.0 Å². The molecule has 1 aliphatic carbocycles. The Morgan fingerprint density at radius 3 is 1.61 bits per heavy atom. The van der Waals surface area contributed by atoms with Gasteiger partial charge >= 0.3 is 0 Å². The standard InChI is InChI=1S/C17H32O6/c1-12-10-15(8,9)17(22-23-17)16(11-12,20-18-13(2,3)4)21-19-14(5,6)7/h12H,10-11H2,1-9H3. The molecule has 1 heterocycles. The first-order chi connectivity index (χ1) is 10.2. The van der Waals surface area contributed by atoms with E-state index in [9.17, 15) is 0 Å². The van der Waals surface area contributed by atoms with Gasteiger partial charge in [0.05, 0.1) is 11.2 Å². The average molecular weight is 332 g/mol. The Kier molecular flexibility index (Phi) is 4.69. The summed E-state index contributed by atoms with van der Waals surface area (Å²) in [6, 6.07) is 0. The molecule has 0 aromatic carbocycles. The van der Waals surface area contributed by atoms with Crippen LogP contribution >= 0.6 is 0 Å². The second-order valence-electron chi connectivity index (χ2n) is 9.49. The summed E-state index contributed by atoms with van der Waals surface area (Å²) in [4.78, 5) is 33.7. The van der Waals surface area contributed by atoms with Crippen LogP contribution < -0.4 is 0 Å². The summed E-state index contributed by atoms with van der Waals surface area (Å²) in [7, 11) is 0. The Bertz CT molecular complexity index is 409. The van der Waals surface area contributed by atoms with E-state index in [2.05, 4.69) is 20.8 Å². The van der Waals surface area contributed by atoms with Crippen LogP contribution in [0.25, 0.3) is 0 Å². The SMILES string of the molecule is CC1CC(C)(C)C2(OO2)C(OOC(C)(C)C)(OOC(C)(C)C)C1. The van der Waals surface area contributed by atoms with E-state index >= 15 is 0 Å². The lowest BCUT2D eigenvalue weighted by atomic mass is 9.66. The Labute approximate surface area is 139 Å². The van der Waals surface area contributed by atoms with Crippen LogP contribution in [-0.4, -0.2) is 22.8 Å². The quantitative estimate of drug-likeness (QED) is 0.331. The summed E-state index contributed by atoms with van der Waals surface area (Å²) in [5.41, 5.74) is -1.31. The third kappa shape index (κ3) is 3.89. The second kappa shape index (κ2) is 5.64. The predicted octanol–water partition coefficient (Wildman–Crippen LogP) is 4.29. The van der Waals surface area contributed by atoms with Gasteiger partial charge in [0.15, 0.2) is 0 Å². The van der Waals surface area contributed by atoms with Crippen molar-refractivity contribution in [2.45, 2.75) is 97.9 Å². The van der Waals surface area contributed by atoms with Gasteiger partial charge in [-0.05, 0) is 53.9 Å². The zero-order valence-electron chi connectivity index (χ0n) is 15.9. The van der Waals surface area contributed by atoms with Crippen molar-refractivity contribution in [1.82, 2.24) is 0 Å². The fraction of sp³-hybridized carbons (Fsp3) is 1.00. The number of hydrogen-bond donors (Lipinski definition) is 0. The van der Waals surface area contributed by atoms with E-state index < -0.39 is 22.8 Å². The van der Waals surface area contributed by atoms with Crippen LogP contribution in [-0.2, 0) is 29.3 Å². The van der Waals surface area contributed by atoms with Crippen LogP contribution in [0.15, 0.2) is 0 Å². The van der Waals surface area contributed by atoms with Crippen LogP contribution in [0.2, 0.25) is 0 Å². The normalized spacial score (nSPS) is 28.8. The molecule has 1 atom stereocenters. The molecule has 0 aromatic rings. The highest BCUT2D eigenvalue weighted by Crippen LogP contribution is 2.63. The van der Waals surface area contributed by atoms with Crippen LogP contribution in [0.5, 0.6) is 0 Å². The van der Waals surface area contributed by atoms with Crippen LogP contribution in [0, 0.1) is 11.3 Å². The second-order valence-corrected chi connectivity index (χ2v) is 9.49. The maximum atomic E-state index is 5.82. The fourth-order valence-corrected chi connectivity index (χ4v) is 3.16. The van der Waals surface area contributed by atoms with Gasteiger partial charge in [0.2, 0.25) is 0 Å². The molecule has 1 saturated carbocycles. The fourth-order valence-electron chi connectivity index (χ4n) is 3.16. The lowest BCUT2D eigenvalue weighted by Crippen LogP contribution is -2.62. The third-order valence-electron chi connectivity index (χ3n) is 3.97. The molecule has 6 nitrogen and oxygen atoms in total. The van der Waals surface area contributed by atoms with Crippen molar-refractivity contribution < 1.29 is 29.3 Å². The molecule has 0 radical (unpaired) electrons. The van der Waals surface area contributed by atoms with E-state index in [-0.39, 0.29) is 5.41 Å². The lowest BCUT2D eigenvalue weighted by Gasteiger charge is -2.47. The van der Waals surface area contributed by atoms with E-state index in [0.29, 0.717) is 12.3 Å². The first-order valence-corrected chi connectivity index (χ1v) is 8.33. The molecule has 2 aliphatic rings. The summed E-state index contributed by atoms with van der Waals surface area (Å²) >= 11 is 0. The Morgan fingerprint density at radius 1 is 0.826 bits per heavy atom. The maximum Gasteiger partial charge on any atom is 0.297 e. The van der Waals surface area contributed by atoms with Gasteiger partial charge in [-0.1, -0.05) is 20.8 Å². The number of rotatable bonds is 4. The van der Waals surface area contributed by atoms with Gasteiger partial charge < -0.3 is 0 Å². The number of hydrogen-bond acceptors (Lipinski definition) is 6. The molecule has 2 rings (SSSR count). The highest BCUT2D eigenvalue weighted by molar-refractivity contribution is 5.07. The lowest BCUT2D eigenvalue weighted by molar-refractivity contribution is -0.566. The highest BCUT2D eigenvalue weighted by Gasteiger charge is 2.79. The molecule has 0 aromatic heterocycles. The van der Waals surface area contributed by atoms with Crippen molar-refractivity contribution in [3.8, 4) is 0 Å². The van der Waals surface area contributed by atoms with Gasteiger partial charge in [0, 0.05) is 11.8 Å². The molecule has 2 fully saturated rings. The summed E-state index contributed by atoms with van der Waals surface area (Å²) in [6.45, 7) is 17.7. The minimum absolute atomic E-state index is 0.312. The molecule has 6 heteroatoms. The molecular weight excluding hydrogens is 300 g/mol. The van der Waals surface area contributed by atoms with E-state index in [0.717, 1.165) is 6.42 Å². The molecule has 136 valence electrons. The zero-order chi connectivity index (χ0) is 17.7. The summed E-state index contributed by atoms with van der Waals surface area (Å²) < 4.78 is 0. The van der Waals surface area contributed by atoms with Crippen LogP contribution in [0.1, 0.15) is 75.2 Å². The van der Waals surface area contributed by atoms with Gasteiger partial charge in [-0.3, -0.25) is 0 Å². The van der Waals surface area contributed by atoms with Crippen molar-refractivity contribution in [2.75, 3.05) is 0 Å². The molecule has 1 saturated heterocycles. The molecule has 0 N–H and O–H groups in total. The van der Waals surface area contributed by atoms with Crippen LogP contribution in [0.4, 0.5) is 0 Å². The van der Waals surface area contributed by atoms with Crippen molar-refractivity contribution in [3.63, 3.8) is 0 Å². The Balaban J connectivity index is 2.31. The molecule has 23 heavy (non-hydrogen) atoms. The predicted molar refractivity (Wildman–Crippen MR) is 83.7 cm³/mol. The van der Waals surface area contributed by atoms with Crippen molar-refractivity contribution >= 4 is 0 Å². The minimum Gasteiger partial charge on any atom is -0.228 e. The van der Waals surface area contributed by atoms with Crippen molar-refractivity contribution in [2.24, 2.45) is 11.3 Å². The Morgan fingerprint density at radius 2 is 1.26 bits per heavy atom. The summed E-state index contributed by atoms with van der Waals surface area (Å²) in [5, 5.41) is 0. The van der Waals surface area contributed by atoms with Crippen molar-refractivity contribution in [3.05, 3.63) is 0 Å². The molecule has 0 bridgehead atoms. The zero-order valence-corrected chi connectivity index (χ0v) is 15.9. The summed E-state index contributed by atoms with van der Waals surface area (Å²) in [5.74, 6) is -1.99. The average Bonchev–Trinajstić information content (AvgIpc) is 3.10. The first-order valence-electron chi connectivity index (χ1n) is 8.33. The van der Waals surface area contributed by atoms with Gasteiger partial charge in [0.1, 0.15) is 0 Å². The largest absolute Gasteiger partial charge is 0.297 e. The first kappa shape index (κ1) is 19.1. The Hall–Kier alpha value is -0.240. The van der Waals surface area contributed by atoms with E-state index in [1.165, 1.54) is 0 Å². The summed E-state index contributed by atoms with van der Waals surface area (Å²) in [6.07, 6.45) is 1.47. The van der Waals surface area contributed by atoms with Gasteiger partial charge in [-0.2, -0.15) is 19.6 Å². The molecular formula is C17H32O6. The smallest absolute Gasteiger partial charge is 0.228 e. The third-order valence-corrected chi connectivity index (χ3v) is 3.97. The van der Waals surface area contributed by atoms with Gasteiger partial charge in [-0.25, -0.2) is 9.78 Å². The van der Waals surface area contributed by atoms with E-state index in [1.54, 1.807) is 0 Å². The monoisotopic (exact) mass is 332 g/mol. The molecule has 1 unspecified atom stereocenters. The highest BCUT2D eigenvalue weighted by atomic mass is 17.4. The van der Waals surface area contributed by atoms with Gasteiger partial charge in [-0.15, -0.1) is 0 Å². The van der Waals surface area contributed by atoms with Crippen molar-refractivity contribution in [1.29, 1.82) is 0 Å². The van der Waals surface area contributed by atoms with Crippen LogP contribution in [0.3, 0.4) is 0 Å². The van der Waals surface area contributed by atoms with E-state index in [1.807, 2.05) is 41.5 Å². The minimum atomic E-state index is -1.28. The van der Waals surface area contributed by atoms with Gasteiger partial charge in [0.25, 0.3) is 11.6 Å². The molecule has 1 aliphatic heterocycles.